The summed E-state index contributed by atoms with van der Waals surface area (Å²) < 4.78 is 15.1. The van der Waals surface area contributed by atoms with Gasteiger partial charge in [-0.25, -0.2) is 13.9 Å². The molecule has 2 heterocycles. The quantitative estimate of drug-likeness (QED) is 0.935. The molecule has 1 aromatic carbocycles. The molecule has 3 rings (SSSR count). The van der Waals surface area contributed by atoms with E-state index in [9.17, 15) is 14.0 Å². The zero-order chi connectivity index (χ0) is 15.0. The standard InChI is InChI=1S/C14H12FN3O3/c15-9-4-1-2-5-11(9)18-12(8-10(16-18)14(20)21)17-7-3-6-13(17)19/h1-2,4-5,8H,3,6-7H2,(H,20,21). The van der Waals surface area contributed by atoms with Crippen LogP contribution in [0.15, 0.2) is 30.3 Å². The molecule has 1 fully saturated rings. The molecule has 0 saturated carbocycles. The van der Waals surface area contributed by atoms with Crippen LogP contribution < -0.4 is 4.90 Å². The monoisotopic (exact) mass is 289 g/mol. The predicted molar refractivity (Wildman–Crippen MR) is 72.1 cm³/mol. The highest BCUT2D eigenvalue weighted by Crippen LogP contribution is 2.26. The topological polar surface area (TPSA) is 75.4 Å². The first-order chi connectivity index (χ1) is 10.1. The third-order valence-electron chi connectivity index (χ3n) is 3.34. The lowest BCUT2D eigenvalue weighted by atomic mass is 10.3. The second-order valence-electron chi connectivity index (χ2n) is 4.71. The van der Waals surface area contributed by atoms with Crippen LogP contribution in [-0.2, 0) is 4.79 Å². The van der Waals surface area contributed by atoms with Gasteiger partial charge in [0.25, 0.3) is 0 Å². The highest BCUT2D eigenvalue weighted by atomic mass is 19.1. The molecule has 1 N–H and O–H groups in total. The number of halogens is 1. The van der Waals surface area contributed by atoms with Gasteiger partial charge in [-0.2, -0.15) is 5.10 Å². The van der Waals surface area contributed by atoms with Gasteiger partial charge in [0.05, 0.1) is 0 Å². The molecule has 2 aromatic rings. The number of carbonyl (C=O) groups excluding carboxylic acids is 1. The fraction of sp³-hybridized carbons (Fsp3) is 0.214. The van der Waals surface area contributed by atoms with Crippen molar-refractivity contribution in [3.05, 3.63) is 41.8 Å². The third-order valence-corrected chi connectivity index (χ3v) is 3.34. The number of anilines is 1. The molecule has 1 saturated heterocycles. The van der Waals surface area contributed by atoms with Crippen LogP contribution >= 0.6 is 0 Å². The molecule has 1 aromatic heterocycles. The number of hydrogen-bond acceptors (Lipinski definition) is 3. The van der Waals surface area contributed by atoms with Gasteiger partial charge in [-0.05, 0) is 18.6 Å². The summed E-state index contributed by atoms with van der Waals surface area (Å²) >= 11 is 0. The van der Waals surface area contributed by atoms with Crippen LogP contribution in [0.25, 0.3) is 5.69 Å². The van der Waals surface area contributed by atoms with E-state index in [1.807, 2.05) is 0 Å². The van der Waals surface area contributed by atoms with E-state index < -0.39 is 11.8 Å². The van der Waals surface area contributed by atoms with Crippen molar-refractivity contribution in [2.24, 2.45) is 0 Å². The van der Waals surface area contributed by atoms with Crippen molar-refractivity contribution in [2.45, 2.75) is 12.8 Å². The van der Waals surface area contributed by atoms with E-state index in [1.165, 1.54) is 33.8 Å². The summed E-state index contributed by atoms with van der Waals surface area (Å²) in [6.07, 6.45) is 1.08. The van der Waals surface area contributed by atoms with Crippen LogP contribution in [-0.4, -0.2) is 33.3 Å². The molecule has 108 valence electrons. The number of rotatable bonds is 3. The van der Waals surface area contributed by atoms with Crippen molar-refractivity contribution >= 4 is 17.7 Å². The van der Waals surface area contributed by atoms with Gasteiger partial charge in [-0.3, -0.25) is 9.69 Å². The lowest BCUT2D eigenvalue weighted by Crippen LogP contribution is -2.26. The molecule has 1 amide bonds. The minimum atomic E-state index is -1.22. The molecule has 0 aliphatic carbocycles. The van der Waals surface area contributed by atoms with Gasteiger partial charge in [0.15, 0.2) is 5.69 Å². The summed E-state index contributed by atoms with van der Waals surface area (Å²) in [6, 6.07) is 7.18. The highest BCUT2D eigenvalue weighted by molar-refractivity contribution is 5.96. The molecule has 0 bridgehead atoms. The van der Waals surface area contributed by atoms with E-state index in [0.29, 0.717) is 19.4 Å². The van der Waals surface area contributed by atoms with E-state index in [-0.39, 0.29) is 23.1 Å². The second kappa shape index (κ2) is 5.01. The molecule has 0 radical (unpaired) electrons. The minimum absolute atomic E-state index is 0.111. The molecular weight excluding hydrogens is 277 g/mol. The fourth-order valence-electron chi connectivity index (χ4n) is 2.36. The molecule has 0 atom stereocenters. The average molecular weight is 289 g/mol. The predicted octanol–water partition coefficient (Wildman–Crippen LogP) is 1.84. The number of amides is 1. The van der Waals surface area contributed by atoms with Crippen molar-refractivity contribution < 1.29 is 19.1 Å². The molecule has 6 nitrogen and oxygen atoms in total. The molecule has 7 heteroatoms. The van der Waals surface area contributed by atoms with E-state index in [2.05, 4.69) is 5.10 Å². The van der Waals surface area contributed by atoms with Gasteiger partial charge in [0, 0.05) is 19.0 Å². The first-order valence-corrected chi connectivity index (χ1v) is 6.46. The van der Waals surface area contributed by atoms with Gasteiger partial charge in [0.2, 0.25) is 5.91 Å². The van der Waals surface area contributed by atoms with E-state index in [1.54, 1.807) is 6.07 Å². The molecule has 1 aliphatic heterocycles. The number of carbonyl (C=O) groups is 2. The van der Waals surface area contributed by atoms with Gasteiger partial charge >= 0.3 is 5.97 Å². The van der Waals surface area contributed by atoms with Gasteiger partial charge in [0.1, 0.15) is 17.3 Å². The lowest BCUT2D eigenvalue weighted by molar-refractivity contribution is -0.117. The van der Waals surface area contributed by atoms with E-state index in [0.717, 1.165) is 0 Å². The van der Waals surface area contributed by atoms with Crippen LogP contribution in [0.4, 0.5) is 10.2 Å². The largest absolute Gasteiger partial charge is 0.476 e. The number of nitrogens with zero attached hydrogens (tertiary/aromatic N) is 3. The number of hydrogen-bond donors (Lipinski definition) is 1. The molecular formula is C14H12FN3O3. The summed E-state index contributed by atoms with van der Waals surface area (Å²) in [5.74, 6) is -1.60. The van der Waals surface area contributed by atoms with Gasteiger partial charge in [-0.15, -0.1) is 0 Å². The first-order valence-electron chi connectivity index (χ1n) is 6.46. The number of carboxylic acid groups (broad SMARTS) is 1. The van der Waals surface area contributed by atoms with Crippen molar-refractivity contribution in [3.8, 4) is 5.69 Å². The number of carboxylic acids is 1. The molecule has 0 spiro atoms. The number of para-hydroxylation sites is 1. The molecule has 1 aliphatic rings. The Labute approximate surface area is 119 Å². The van der Waals surface area contributed by atoms with Crippen molar-refractivity contribution in [3.63, 3.8) is 0 Å². The van der Waals surface area contributed by atoms with Crippen LogP contribution in [0.2, 0.25) is 0 Å². The van der Waals surface area contributed by atoms with Crippen LogP contribution in [0.3, 0.4) is 0 Å². The van der Waals surface area contributed by atoms with Crippen molar-refractivity contribution in [1.82, 2.24) is 9.78 Å². The summed E-state index contributed by atoms with van der Waals surface area (Å²) in [7, 11) is 0. The number of aromatic nitrogens is 2. The van der Waals surface area contributed by atoms with Gasteiger partial charge in [-0.1, -0.05) is 12.1 Å². The smallest absolute Gasteiger partial charge is 0.356 e. The van der Waals surface area contributed by atoms with Crippen molar-refractivity contribution in [2.75, 3.05) is 11.4 Å². The van der Waals surface area contributed by atoms with Crippen LogP contribution in [0, 0.1) is 5.82 Å². The number of aromatic carboxylic acids is 1. The fourth-order valence-corrected chi connectivity index (χ4v) is 2.36. The third kappa shape index (κ3) is 2.26. The van der Waals surface area contributed by atoms with Crippen LogP contribution in [0.1, 0.15) is 23.3 Å². The van der Waals surface area contributed by atoms with Crippen molar-refractivity contribution in [1.29, 1.82) is 0 Å². The summed E-state index contributed by atoms with van der Waals surface area (Å²) in [5.41, 5.74) is -0.118. The lowest BCUT2D eigenvalue weighted by Gasteiger charge is -2.17. The Balaban J connectivity index is 2.16. The highest BCUT2D eigenvalue weighted by Gasteiger charge is 2.28. The Morgan fingerprint density at radius 2 is 2.10 bits per heavy atom. The molecule has 0 unspecified atom stereocenters. The van der Waals surface area contributed by atoms with E-state index >= 15 is 0 Å². The van der Waals surface area contributed by atoms with E-state index in [4.69, 9.17) is 5.11 Å². The average Bonchev–Trinajstić information content (AvgIpc) is 3.05. The Kier molecular flexibility index (Phi) is 3.17. The SMILES string of the molecule is O=C(O)c1cc(N2CCCC2=O)n(-c2ccccc2F)n1. The summed E-state index contributed by atoms with van der Waals surface area (Å²) in [5, 5.41) is 13.0. The second-order valence-corrected chi connectivity index (χ2v) is 4.71. The Bertz CT molecular complexity index is 726. The Morgan fingerprint density at radius 3 is 2.71 bits per heavy atom. The van der Waals surface area contributed by atoms with Gasteiger partial charge < -0.3 is 5.11 Å². The maximum absolute atomic E-state index is 13.9. The summed E-state index contributed by atoms with van der Waals surface area (Å²) in [6.45, 7) is 0.470. The molecule has 21 heavy (non-hydrogen) atoms. The van der Waals surface area contributed by atoms with Crippen LogP contribution in [0.5, 0.6) is 0 Å². The Morgan fingerprint density at radius 1 is 1.33 bits per heavy atom. The normalized spacial score (nSPS) is 14.7. The maximum atomic E-state index is 13.9. The minimum Gasteiger partial charge on any atom is -0.476 e. The maximum Gasteiger partial charge on any atom is 0.356 e. The Hall–Kier alpha value is -2.70. The zero-order valence-corrected chi connectivity index (χ0v) is 11.0. The summed E-state index contributed by atoms with van der Waals surface area (Å²) in [4.78, 5) is 24.4. The zero-order valence-electron chi connectivity index (χ0n) is 11.0. The number of benzene rings is 1. The first kappa shape index (κ1) is 13.3.